The molecule has 0 saturated carbocycles. The van der Waals surface area contributed by atoms with Gasteiger partial charge in [0, 0.05) is 12.2 Å². The summed E-state index contributed by atoms with van der Waals surface area (Å²) in [6.45, 7) is 0.589. The quantitative estimate of drug-likeness (QED) is 0.571. The molecule has 1 aromatic rings. The molecule has 1 aliphatic heterocycles. The van der Waals surface area contributed by atoms with Crippen LogP contribution in [0.3, 0.4) is 0 Å². The number of hydrogen-bond donors (Lipinski definition) is 0. The Bertz CT molecular complexity index is 444. The van der Waals surface area contributed by atoms with E-state index >= 15 is 0 Å². The number of rotatable bonds is 4. The monoisotopic (exact) mass is 235 g/mol. The van der Waals surface area contributed by atoms with Crippen LogP contribution in [-0.4, -0.2) is 32.6 Å². The summed E-state index contributed by atoms with van der Waals surface area (Å²) in [6, 6.07) is 5.41. The lowest BCUT2D eigenvalue weighted by molar-refractivity contribution is -0.142. The van der Waals surface area contributed by atoms with E-state index in [0.717, 1.165) is 24.1 Å². The molecule has 0 atom stereocenters. The molecule has 0 radical (unpaired) electrons. The Morgan fingerprint density at radius 3 is 3.06 bits per heavy atom. The van der Waals surface area contributed by atoms with Crippen LogP contribution < -0.4 is 9.64 Å². The third kappa shape index (κ3) is 2.38. The molecule has 5 heteroatoms. The first-order valence-electron chi connectivity index (χ1n) is 5.29. The fourth-order valence-corrected chi connectivity index (χ4v) is 1.80. The fraction of sp³-hybridized carbons (Fsp3) is 0.333. The van der Waals surface area contributed by atoms with Gasteiger partial charge >= 0.3 is 5.97 Å². The van der Waals surface area contributed by atoms with Gasteiger partial charge in [-0.15, -0.1) is 0 Å². The van der Waals surface area contributed by atoms with Gasteiger partial charge in [-0.3, -0.25) is 4.79 Å². The van der Waals surface area contributed by atoms with Crippen molar-refractivity contribution < 1.29 is 19.1 Å². The Labute approximate surface area is 98.9 Å². The van der Waals surface area contributed by atoms with Crippen LogP contribution in [0, 0.1) is 0 Å². The highest BCUT2D eigenvalue weighted by molar-refractivity contribution is 5.80. The molecule has 0 unspecified atom stereocenters. The van der Waals surface area contributed by atoms with E-state index in [1.54, 1.807) is 11.0 Å². The highest BCUT2D eigenvalue weighted by Gasteiger charge is 2.18. The van der Waals surface area contributed by atoms with Crippen LogP contribution in [-0.2, 0) is 20.7 Å². The number of hydrogen-bond acceptors (Lipinski definition) is 4. The van der Waals surface area contributed by atoms with Gasteiger partial charge in [0.15, 0.2) is 6.61 Å². The molecule has 0 N–H and O–H groups in total. The van der Waals surface area contributed by atoms with Crippen molar-refractivity contribution in [3.05, 3.63) is 23.8 Å². The lowest BCUT2D eigenvalue weighted by Gasteiger charge is -2.10. The second-order valence-corrected chi connectivity index (χ2v) is 3.70. The molecule has 90 valence electrons. The van der Waals surface area contributed by atoms with Gasteiger partial charge in [0.2, 0.25) is 6.41 Å². The van der Waals surface area contributed by atoms with Gasteiger partial charge < -0.3 is 14.4 Å². The van der Waals surface area contributed by atoms with Gasteiger partial charge in [0.1, 0.15) is 5.75 Å². The van der Waals surface area contributed by atoms with E-state index in [4.69, 9.17) is 4.74 Å². The van der Waals surface area contributed by atoms with Crippen LogP contribution >= 0.6 is 0 Å². The van der Waals surface area contributed by atoms with E-state index in [1.165, 1.54) is 7.11 Å². The first-order chi connectivity index (χ1) is 8.24. The standard InChI is InChI=1S/C12H13NO4/c1-16-12(15)7-17-10-2-3-11-9(6-10)4-5-13(11)8-14/h2-3,6,8H,4-5,7H2,1H3. The Balaban J connectivity index is 2.07. The van der Waals surface area contributed by atoms with Gasteiger partial charge in [0.05, 0.1) is 7.11 Å². The minimum atomic E-state index is -0.417. The van der Waals surface area contributed by atoms with E-state index in [9.17, 15) is 9.59 Å². The predicted octanol–water partition coefficient (Wildman–Crippen LogP) is 0.757. The van der Waals surface area contributed by atoms with Crippen LogP contribution in [0.15, 0.2) is 18.2 Å². The molecule has 1 aromatic carbocycles. The Hall–Kier alpha value is -2.04. The third-order valence-electron chi connectivity index (χ3n) is 2.69. The van der Waals surface area contributed by atoms with Crippen molar-refractivity contribution in [2.45, 2.75) is 6.42 Å². The van der Waals surface area contributed by atoms with Crippen molar-refractivity contribution in [3.63, 3.8) is 0 Å². The maximum Gasteiger partial charge on any atom is 0.343 e. The molecule has 0 spiro atoms. The van der Waals surface area contributed by atoms with E-state index in [2.05, 4.69) is 4.74 Å². The van der Waals surface area contributed by atoms with Crippen molar-refractivity contribution in [1.29, 1.82) is 0 Å². The molecule has 17 heavy (non-hydrogen) atoms. The number of fused-ring (bicyclic) bond motifs is 1. The van der Waals surface area contributed by atoms with E-state index in [0.29, 0.717) is 12.3 Å². The molecule has 1 amide bonds. The Kier molecular flexibility index (Phi) is 3.27. The zero-order valence-electron chi connectivity index (χ0n) is 9.51. The van der Waals surface area contributed by atoms with E-state index in [1.807, 2.05) is 12.1 Å². The predicted molar refractivity (Wildman–Crippen MR) is 61.1 cm³/mol. The molecular formula is C12H13NO4. The summed E-state index contributed by atoms with van der Waals surface area (Å²) < 4.78 is 9.75. The maximum atomic E-state index is 10.9. The average molecular weight is 235 g/mol. The molecular weight excluding hydrogens is 222 g/mol. The van der Waals surface area contributed by atoms with Crippen molar-refractivity contribution >= 4 is 18.1 Å². The molecule has 2 rings (SSSR count). The molecule has 5 nitrogen and oxygen atoms in total. The van der Waals surface area contributed by atoms with Crippen LogP contribution in [0.5, 0.6) is 5.75 Å². The average Bonchev–Trinajstić information content (AvgIpc) is 2.78. The molecule has 1 aliphatic rings. The Morgan fingerprint density at radius 2 is 2.35 bits per heavy atom. The zero-order chi connectivity index (χ0) is 12.3. The minimum Gasteiger partial charge on any atom is -0.482 e. The molecule has 0 bridgehead atoms. The summed E-state index contributed by atoms with van der Waals surface area (Å²) in [7, 11) is 1.32. The largest absolute Gasteiger partial charge is 0.482 e. The third-order valence-corrected chi connectivity index (χ3v) is 2.69. The van der Waals surface area contributed by atoms with E-state index in [-0.39, 0.29) is 6.61 Å². The maximum absolute atomic E-state index is 10.9. The lowest BCUT2D eigenvalue weighted by Crippen LogP contribution is -2.17. The number of methoxy groups -OCH3 is 1. The molecule has 0 aliphatic carbocycles. The first-order valence-corrected chi connectivity index (χ1v) is 5.29. The normalized spacial score (nSPS) is 13.1. The second kappa shape index (κ2) is 4.86. The van der Waals surface area contributed by atoms with E-state index < -0.39 is 5.97 Å². The number of benzene rings is 1. The molecule has 1 heterocycles. The van der Waals surface area contributed by atoms with Gasteiger partial charge in [-0.05, 0) is 30.2 Å². The highest BCUT2D eigenvalue weighted by atomic mass is 16.6. The molecule has 0 saturated heterocycles. The highest BCUT2D eigenvalue weighted by Crippen LogP contribution is 2.30. The lowest BCUT2D eigenvalue weighted by atomic mass is 10.1. The number of esters is 1. The summed E-state index contributed by atoms with van der Waals surface area (Å²) in [5.41, 5.74) is 1.96. The first kappa shape index (κ1) is 11.4. The zero-order valence-corrected chi connectivity index (χ0v) is 9.51. The van der Waals surface area contributed by atoms with Gasteiger partial charge in [-0.25, -0.2) is 4.79 Å². The van der Waals surface area contributed by atoms with Crippen LogP contribution in [0.4, 0.5) is 5.69 Å². The number of amides is 1. The van der Waals surface area contributed by atoms with Gasteiger partial charge in [0.25, 0.3) is 0 Å². The summed E-state index contributed by atoms with van der Waals surface area (Å²) in [5.74, 6) is 0.196. The van der Waals surface area contributed by atoms with Crippen LogP contribution in [0.1, 0.15) is 5.56 Å². The second-order valence-electron chi connectivity index (χ2n) is 3.70. The van der Waals surface area contributed by atoms with Crippen molar-refractivity contribution in [1.82, 2.24) is 0 Å². The smallest absolute Gasteiger partial charge is 0.343 e. The minimum absolute atomic E-state index is 0.104. The summed E-state index contributed by atoms with van der Waals surface area (Å²) in [4.78, 5) is 23.3. The van der Waals surface area contributed by atoms with Crippen molar-refractivity contribution in [2.24, 2.45) is 0 Å². The molecule has 0 aromatic heterocycles. The van der Waals surface area contributed by atoms with Crippen molar-refractivity contribution in [2.75, 3.05) is 25.2 Å². The summed E-state index contributed by atoms with van der Waals surface area (Å²) >= 11 is 0. The fourth-order valence-electron chi connectivity index (χ4n) is 1.80. The summed E-state index contributed by atoms with van der Waals surface area (Å²) in [6.07, 6.45) is 1.63. The molecule has 0 fully saturated rings. The van der Waals surface area contributed by atoms with Crippen LogP contribution in [0.2, 0.25) is 0 Å². The van der Waals surface area contributed by atoms with Crippen LogP contribution in [0.25, 0.3) is 0 Å². The SMILES string of the molecule is COC(=O)COc1ccc2c(c1)CCN2C=O. The topological polar surface area (TPSA) is 55.8 Å². The number of nitrogens with zero attached hydrogens (tertiary/aromatic N) is 1. The number of carbonyl (C=O) groups is 2. The number of anilines is 1. The summed E-state index contributed by atoms with van der Waals surface area (Å²) in [5, 5.41) is 0. The number of ether oxygens (including phenoxy) is 2. The van der Waals surface area contributed by atoms with Crippen molar-refractivity contribution in [3.8, 4) is 5.75 Å². The van der Waals surface area contributed by atoms with Gasteiger partial charge in [-0.2, -0.15) is 0 Å². The van der Waals surface area contributed by atoms with Gasteiger partial charge in [-0.1, -0.05) is 0 Å². The Morgan fingerprint density at radius 1 is 1.53 bits per heavy atom. The number of carbonyl (C=O) groups excluding carboxylic acids is 2.